The Labute approximate surface area is 171 Å². The zero-order valence-corrected chi connectivity index (χ0v) is 16.4. The summed E-state index contributed by atoms with van der Waals surface area (Å²) in [5, 5.41) is 0. The second kappa shape index (κ2) is 7.46. The Morgan fingerprint density at radius 3 is 2.79 bits per heavy atom. The topological polar surface area (TPSA) is 72.0 Å². The van der Waals surface area contributed by atoms with Gasteiger partial charge >= 0.3 is 0 Å². The van der Waals surface area contributed by atoms with Crippen molar-refractivity contribution in [1.29, 1.82) is 0 Å². The van der Waals surface area contributed by atoms with Crippen LogP contribution >= 0.6 is 11.3 Å². The molecule has 1 fully saturated rings. The molecule has 0 radical (unpaired) electrons. The molecule has 29 heavy (non-hydrogen) atoms. The number of benzene rings is 2. The molecule has 3 heterocycles. The lowest BCUT2D eigenvalue weighted by Crippen LogP contribution is -2.54. The van der Waals surface area contributed by atoms with Crippen LogP contribution in [0.4, 0.5) is 5.69 Å². The van der Waals surface area contributed by atoms with Gasteiger partial charge < -0.3 is 19.3 Å². The van der Waals surface area contributed by atoms with Crippen molar-refractivity contribution in [2.75, 3.05) is 37.7 Å². The van der Waals surface area contributed by atoms with Crippen LogP contribution in [0.3, 0.4) is 0 Å². The molecule has 0 bridgehead atoms. The molecule has 3 aromatic rings. The van der Waals surface area contributed by atoms with Gasteiger partial charge in [-0.25, -0.2) is 4.98 Å². The third kappa shape index (κ3) is 3.34. The number of carbonyl (C=O) groups excluding carboxylic acids is 2. The minimum Gasteiger partial charge on any atom is -0.476 e. The summed E-state index contributed by atoms with van der Waals surface area (Å²) in [5.41, 5.74) is 3.87. The van der Waals surface area contributed by atoms with Gasteiger partial charge in [-0.15, -0.1) is 11.3 Å². The molecule has 2 aromatic carbocycles. The van der Waals surface area contributed by atoms with Gasteiger partial charge in [0.25, 0.3) is 11.8 Å². The molecule has 1 atom stereocenters. The maximum Gasteiger partial charge on any atom is 0.265 e. The number of morpholine rings is 1. The van der Waals surface area contributed by atoms with E-state index >= 15 is 0 Å². The maximum absolute atomic E-state index is 13.4. The fourth-order valence-corrected chi connectivity index (χ4v) is 4.40. The largest absolute Gasteiger partial charge is 0.476 e. The van der Waals surface area contributed by atoms with Gasteiger partial charge in [-0.2, -0.15) is 0 Å². The quantitative estimate of drug-likeness (QED) is 0.651. The molecular formula is C21H19N3O4S. The van der Waals surface area contributed by atoms with Gasteiger partial charge in [-0.3, -0.25) is 9.59 Å². The normalized spacial score (nSPS) is 19.0. The zero-order valence-electron chi connectivity index (χ0n) is 15.6. The lowest BCUT2D eigenvalue weighted by molar-refractivity contribution is -0.142. The maximum atomic E-state index is 13.4. The number of aromatic nitrogens is 1. The van der Waals surface area contributed by atoms with Gasteiger partial charge in [0, 0.05) is 18.7 Å². The van der Waals surface area contributed by atoms with Gasteiger partial charge in [-0.05, 0) is 30.3 Å². The van der Waals surface area contributed by atoms with Crippen LogP contribution in [-0.4, -0.2) is 60.7 Å². The molecular weight excluding hydrogens is 390 g/mol. The summed E-state index contributed by atoms with van der Waals surface area (Å²) < 4.78 is 12.3. The zero-order chi connectivity index (χ0) is 19.8. The molecule has 5 rings (SSSR count). The summed E-state index contributed by atoms with van der Waals surface area (Å²) in [6.45, 7) is 2.29. The predicted molar refractivity (Wildman–Crippen MR) is 110 cm³/mol. The highest BCUT2D eigenvalue weighted by Gasteiger charge is 2.36. The van der Waals surface area contributed by atoms with Crippen LogP contribution < -0.4 is 9.64 Å². The molecule has 148 valence electrons. The fraction of sp³-hybridized carbons (Fsp3) is 0.286. The first-order chi connectivity index (χ1) is 14.2. The highest BCUT2D eigenvalue weighted by molar-refractivity contribution is 7.16. The third-order valence-electron chi connectivity index (χ3n) is 5.20. The lowest BCUT2D eigenvalue weighted by Gasteiger charge is -2.37. The minimum atomic E-state index is -0.737. The number of amides is 2. The van der Waals surface area contributed by atoms with Crippen LogP contribution in [0.25, 0.3) is 10.2 Å². The molecule has 2 aliphatic heterocycles. The average Bonchev–Trinajstić information content (AvgIpc) is 3.26. The second-order valence-corrected chi connectivity index (χ2v) is 7.85. The summed E-state index contributed by atoms with van der Waals surface area (Å²) >= 11 is 1.50. The van der Waals surface area contributed by atoms with E-state index in [-0.39, 0.29) is 18.4 Å². The number of thiazole rings is 1. The number of para-hydroxylation sites is 2. The van der Waals surface area contributed by atoms with E-state index in [0.717, 1.165) is 10.2 Å². The Hall–Kier alpha value is -2.97. The Morgan fingerprint density at radius 1 is 1.10 bits per heavy atom. The van der Waals surface area contributed by atoms with Crippen LogP contribution in [0.2, 0.25) is 0 Å². The number of hydrogen-bond acceptors (Lipinski definition) is 6. The van der Waals surface area contributed by atoms with Crippen molar-refractivity contribution in [2.24, 2.45) is 0 Å². The summed E-state index contributed by atoms with van der Waals surface area (Å²) in [4.78, 5) is 34.0. The van der Waals surface area contributed by atoms with Crippen LogP contribution in [0, 0.1) is 0 Å². The summed E-state index contributed by atoms with van der Waals surface area (Å²) in [6, 6.07) is 12.8. The highest BCUT2D eigenvalue weighted by Crippen LogP contribution is 2.35. The number of rotatable bonds is 2. The van der Waals surface area contributed by atoms with E-state index in [0.29, 0.717) is 43.3 Å². The Morgan fingerprint density at radius 2 is 1.93 bits per heavy atom. The lowest BCUT2D eigenvalue weighted by atomic mass is 10.1. The summed E-state index contributed by atoms with van der Waals surface area (Å²) in [6.07, 6.45) is -0.737. The average molecular weight is 409 g/mol. The SMILES string of the molecule is O=C([C@H]1CN(C(=O)c2ccc3ncsc3c2)c2ccccc2O1)N1CCOCC1. The van der Waals surface area contributed by atoms with Gasteiger partial charge in [-0.1, -0.05) is 12.1 Å². The molecule has 0 N–H and O–H groups in total. The van der Waals surface area contributed by atoms with Gasteiger partial charge in [0.05, 0.1) is 41.2 Å². The summed E-state index contributed by atoms with van der Waals surface area (Å²) in [5.74, 6) is 0.270. The molecule has 0 saturated carbocycles. The van der Waals surface area contributed by atoms with E-state index in [1.165, 1.54) is 11.3 Å². The first-order valence-corrected chi connectivity index (χ1v) is 10.4. The van der Waals surface area contributed by atoms with Crippen LogP contribution in [0.5, 0.6) is 5.75 Å². The van der Waals surface area contributed by atoms with Crippen molar-refractivity contribution < 1.29 is 19.1 Å². The molecule has 1 saturated heterocycles. The highest BCUT2D eigenvalue weighted by atomic mass is 32.1. The van der Waals surface area contributed by atoms with Gasteiger partial charge in [0.1, 0.15) is 5.75 Å². The predicted octanol–water partition coefficient (Wildman–Crippen LogP) is 2.56. The van der Waals surface area contributed by atoms with Gasteiger partial charge in [0.2, 0.25) is 0 Å². The molecule has 0 unspecified atom stereocenters. The molecule has 7 nitrogen and oxygen atoms in total. The number of fused-ring (bicyclic) bond motifs is 2. The number of nitrogens with zero attached hydrogens (tertiary/aromatic N) is 3. The van der Waals surface area contributed by atoms with E-state index in [2.05, 4.69) is 4.98 Å². The first-order valence-electron chi connectivity index (χ1n) is 9.48. The Kier molecular flexibility index (Phi) is 4.65. The number of ether oxygens (including phenoxy) is 2. The smallest absolute Gasteiger partial charge is 0.265 e. The molecule has 1 aromatic heterocycles. The van der Waals surface area contributed by atoms with Crippen molar-refractivity contribution in [3.05, 3.63) is 53.5 Å². The molecule has 8 heteroatoms. The van der Waals surface area contributed by atoms with Crippen molar-refractivity contribution in [3.63, 3.8) is 0 Å². The van der Waals surface area contributed by atoms with Crippen LogP contribution in [0.15, 0.2) is 48.0 Å². The van der Waals surface area contributed by atoms with E-state index in [9.17, 15) is 9.59 Å². The first kappa shape index (κ1) is 18.1. The monoisotopic (exact) mass is 409 g/mol. The van der Waals surface area contributed by atoms with Crippen LogP contribution in [-0.2, 0) is 9.53 Å². The molecule has 2 amide bonds. The van der Waals surface area contributed by atoms with E-state index in [1.807, 2.05) is 30.3 Å². The number of anilines is 1. The van der Waals surface area contributed by atoms with Crippen molar-refractivity contribution in [2.45, 2.75) is 6.10 Å². The Bertz CT molecular complexity index is 1080. The van der Waals surface area contributed by atoms with Crippen LogP contribution in [0.1, 0.15) is 10.4 Å². The van der Waals surface area contributed by atoms with E-state index in [1.54, 1.807) is 27.4 Å². The number of carbonyl (C=O) groups is 2. The molecule has 0 aliphatic carbocycles. The van der Waals surface area contributed by atoms with Crippen molar-refractivity contribution in [1.82, 2.24) is 9.88 Å². The van der Waals surface area contributed by atoms with Crippen molar-refractivity contribution >= 4 is 39.1 Å². The molecule has 0 spiro atoms. The fourth-order valence-electron chi connectivity index (χ4n) is 3.69. The molecule has 2 aliphatic rings. The number of hydrogen-bond donors (Lipinski definition) is 0. The minimum absolute atomic E-state index is 0.112. The standard InChI is InChI=1S/C21H19N3O4S/c25-20(14-5-6-15-19(11-14)29-13-22-15)24-12-18(21(26)23-7-9-27-10-8-23)28-17-4-2-1-3-16(17)24/h1-6,11,13,18H,7-10,12H2/t18-/m1/s1. The van der Waals surface area contributed by atoms with Gasteiger partial charge in [0.15, 0.2) is 6.10 Å². The second-order valence-electron chi connectivity index (χ2n) is 6.96. The summed E-state index contributed by atoms with van der Waals surface area (Å²) in [7, 11) is 0. The van der Waals surface area contributed by atoms with Crippen molar-refractivity contribution in [3.8, 4) is 5.75 Å². The van der Waals surface area contributed by atoms with E-state index in [4.69, 9.17) is 9.47 Å². The Balaban J connectivity index is 1.47. The third-order valence-corrected chi connectivity index (χ3v) is 5.99. The van der Waals surface area contributed by atoms with E-state index < -0.39 is 6.10 Å².